The van der Waals surface area contributed by atoms with Crippen LogP contribution in [0.1, 0.15) is 16.7 Å². The van der Waals surface area contributed by atoms with Crippen LogP contribution in [-0.2, 0) is 11.2 Å². The minimum absolute atomic E-state index is 0.377. The van der Waals surface area contributed by atoms with Crippen LogP contribution in [-0.4, -0.2) is 11.1 Å². The molecule has 0 aromatic heterocycles. The number of hydrogen-bond donors (Lipinski definition) is 1. The number of carboxylic acids is 1. The number of nitriles is 2. The first-order chi connectivity index (χ1) is 7.51. The lowest BCUT2D eigenvalue weighted by molar-refractivity contribution is -0.136. The van der Waals surface area contributed by atoms with Gasteiger partial charge in [0.2, 0.25) is 0 Å². The summed E-state index contributed by atoms with van der Waals surface area (Å²) < 4.78 is 26.4. The molecule has 80 valence electrons. The fourth-order valence-electron chi connectivity index (χ4n) is 1.17. The van der Waals surface area contributed by atoms with Gasteiger partial charge in [-0.15, -0.1) is 0 Å². The summed E-state index contributed by atoms with van der Waals surface area (Å²) in [6.07, 6.45) is -0.747. The first-order valence-corrected chi connectivity index (χ1v) is 4.04. The molecule has 0 radical (unpaired) electrons. The standard InChI is InChI=1S/C10H4F2N2O2/c11-9-5(2-8(15)16)1-6(3-13)7(4-14)10(9)12/h1H,2H2,(H,15,16). The van der Waals surface area contributed by atoms with E-state index in [0.717, 1.165) is 6.07 Å². The van der Waals surface area contributed by atoms with Crippen LogP contribution in [0.4, 0.5) is 8.78 Å². The molecular formula is C10H4F2N2O2. The highest BCUT2D eigenvalue weighted by Gasteiger charge is 2.19. The van der Waals surface area contributed by atoms with Crippen LogP contribution in [0.25, 0.3) is 0 Å². The van der Waals surface area contributed by atoms with Crippen molar-refractivity contribution < 1.29 is 18.7 Å². The van der Waals surface area contributed by atoms with Gasteiger partial charge in [-0.05, 0) is 6.07 Å². The molecule has 0 aliphatic heterocycles. The van der Waals surface area contributed by atoms with E-state index < -0.39 is 35.2 Å². The zero-order chi connectivity index (χ0) is 12.3. The van der Waals surface area contributed by atoms with Crippen LogP contribution in [0.15, 0.2) is 6.07 Å². The highest BCUT2D eigenvalue weighted by molar-refractivity contribution is 5.70. The summed E-state index contributed by atoms with van der Waals surface area (Å²) in [5, 5.41) is 25.5. The summed E-state index contributed by atoms with van der Waals surface area (Å²) >= 11 is 0. The van der Waals surface area contributed by atoms with Crippen LogP contribution in [0.3, 0.4) is 0 Å². The summed E-state index contributed by atoms with van der Waals surface area (Å²) in [7, 11) is 0. The van der Waals surface area contributed by atoms with Crippen molar-refractivity contribution in [1.29, 1.82) is 10.5 Å². The number of hydrogen-bond acceptors (Lipinski definition) is 3. The van der Waals surface area contributed by atoms with Gasteiger partial charge in [-0.1, -0.05) is 0 Å². The van der Waals surface area contributed by atoms with Crippen molar-refractivity contribution in [3.05, 3.63) is 34.4 Å². The number of halogens is 2. The monoisotopic (exact) mass is 222 g/mol. The third kappa shape index (κ3) is 1.96. The van der Waals surface area contributed by atoms with Crippen molar-refractivity contribution in [1.82, 2.24) is 0 Å². The molecule has 0 amide bonds. The average molecular weight is 222 g/mol. The molecule has 0 aliphatic rings. The van der Waals surface area contributed by atoms with Gasteiger partial charge in [-0.3, -0.25) is 4.79 Å². The van der Waals surface area contributed by atoms with E-state index in [-0.39, 0.29) is 5.56 Å². The molecule has 6 heteroatoms. The third-order valence-corrected chi connectivity index (χ3v) is 1.86. The molecule has 0 aliphatic carbocycles. The summed E-state index contributed by atoms with van der Waals surface area (Å²) in [6, 6.07) is 3.72. The molecular weight excluding hydrogens is 218 g/mol. The topological polar surface area (TPSA) is 84.9 Å². The molecule has 4 nitrogen and oxygen atoms in total. The molecule has 0 atom stereocenters. The number of aliphatic carboxylic acids is 1. The zero-order valence-electron chi connectivity index (χ0n) is 7.79. The maximum atomic E-state index is 13.2. The number of benzene rings is 1. The maximum absolute atomic E-state index is 13.2. The van der Waals surface area contributed by atoms with Gasteiger partial charge in [0.1, 0.15) is 17.7 Å². The van der Waals surface area contributed by atoms with Crippen molar-refractivity contribution in [2.45, 2.75) is 6.42 Å². The Morgan fingerprint density at radius 1 is 1.31 bits per heavy atom. The zero-order valence-corrected chi connectivity index (χ0v) is 7.79. The van der Waals surface area contributed by atoms with Crippen LogP contribution >= 0.6 is 0 Å². The Morgan fingerprint density at radius 2 is 1.94 bits per heavy atom. The van der Waals surface area contributed by atoms with Gasteiger partial charge >= 0.3 is 5.97 Å². The molecule has 1 N–H and O–H groups in total. The molecule has 0 unspecified atom stereocenters. The lowest BCUT2D eigenvalue weighted by atomic mass is 10.0. The molecule has 0 bridgehead atoms. The lowest BCUT2D eigenvalue weighted by Gasteiger charge is -2.04. The molecule has 16 heavy (non-hydrogen) atoms. The summed E-state index contributed by atoms with van der Waals surface area (Å²) in [5.41, 5.74) is -1.55. The van der Waals surface area contributed by atoms with E-state index in [0.29, 0.717) is 0 Å². The minimum Gasteiger partial charge on any atom is -0.481 e. The van der Waals surface area contributed by atoms with Crippen molar-refractivity contribution in [2.75, 3.05) is 0 Å². The predicted octanol–water partition coefficient (Wildman–Crippen LogP) is 1.34. The average Bonchev–Trinajstić information content (AvgIpc) is 2.24. The number of carbonyl (C=O) groups is 1. The first kappa shape index (κ1) is 11.6. The predicted molar refractivity (Wildman–Crippen MR) is 47.1 cm³/mol. The smallest absolute Gasteiger partial charge is 0.307 e. The summed E-state index contributed by atoms with van der Waals surface area (Å²) in [4.78, 5) is 10.3. The Hall–Kier alpha value is -2.47. The van der Waals surface area contributed by atoms with E-state index in [1.807, 2.05) is 0 Å². The minimum atomic E-state index is -1.49. The van der Waals surface area contributed by atoms with E-state index in [9.17, 15) is 13.6 Å². The van der Waals surface area contributed by atoms with Gasteiger partial charge in [0.15, 0.2) is 11.6 Å². The van der Waals surface area contributed by atoms with Crippen LogP contribution in [0.5, 0.6) is 0 Å². The Morgan fingerprint density at radius 3 is 2.38 bits per heavy atom. The molecule has 1 aromatic rings. The van der Waals surface area contributed by atoms with Crippen LogP contribution < -0.4 is 0 Å². The van der Waals surface area contributed by atoms with Crippen LogP contribution in [0.2, 0.25) is 0 Å². The van der Waals surface area contributed by atoms with Crippen molar-refractivity contribution in [2.24, 2.45) is 0 Å². The number of nitrogens with zero attached hydrogens (tertiary/aromatic N) is 2. The maximum Gasteiger partial charge on any atom is 0.307 e. The first-order valence-electron chi connectivity index (χ1n) is 4.04. The second-order valence-corrected chi connectivity index (χ2v) is 2.88. The van der Waals surface area contributed by atoms with E-state index in [4.69, 9.17) is 15.6 Å². The van der Waals surface area contributed by atoms with Crippen molar-refractivity contribution in [3.8, 4) is 12.1 Å². The van der Waals surface area contributed by atoms with E-state index in [1.54, 1.807) is 0 Å². The normalized spacial score (nSPS) is 9.25. The van der Waals surface area contributed by atoms with Gasteiger partial charge in [-0.25, -0.2) is 8.78 Å². The van der Waals surface area contributed by atoms with Gasteiger partial charge in [-0.2, -0.15) is 10.5 Å². The summed E-state index contributed by atoms with van der Waals surface area (Å²) in [6.45, 7) is 0. The van der Waals surface area contributed by atoms with Crippen molar-refractivity contribution >= 4 is 5.97 Å². The molecule has 0 saturated heterocycles. The van der Waals surface area contributed by atoms with Gasteiger partial charge in [0.25, 0.3) is 0 Å². The largest absolute Gasteiger partial charge is 0.481 e. The molecule has 0 heterocycles. The van der Waals surface area contributed by atoms with E-state index in [2.05, 4.69) is 0 Å². The Balaban J connectivity index is 3.47. The Labute approximate surface area is 89.0 Å². The summed E-state index contributed by atoms with van der Waals surface area (Å²) in [5.74, 6) is -4.25. The fourth-order valence-corrected chi connectivity index (χ4v) is 1.17. The van der Waals surface area contributed by atoms with E-state index in [1.165, 1.54) is 12.1 Å². The van der Waals surface area contributed by atoms with E-state index >= 15 is 0 Å². The van der Waals surface area contributed by atoms with Gasteiger partial charge in [0, 0.05) is 5.56 Å². The van der Waals surface area contributed by atoms with Gasteiger partial charge < -0.3 is 5.11 Å². The second kappa shape index (κ2) is 4.37. The number of carboxylic acid groups (broad SMARTS) is 1. The number of rotatable bonds is 2. The van der Waals surface area contributed by atoms with Gasteiger partial charge in [0.05, 0.1) is 12.0 Å². The van der Waals surface area contributed by atoms with Crippen molar-refractivity contribution in [3.63, 3.8) is 0 Å². The molecule has 0 spiro atoms. The molecule has 0 saturated carbocycles. The molecule has 1 rings (SSSR count). The second-order valence-electron chi connectivity index (χ2n) is 2.88. The molecule has 1 aromatic carbocycles. The fraction of sp³-hybridized carbons (Fsp3) is 0.100. The quantitative estimate of drug-likeness (QED) is 0.817. The lowest BCUT2D eigenvalue weighted by Crippen LogP contribution is -2.06. The highest BCUT2D eigenvalue weighted by atomic mass is 19.2. The Kier molecular flexibility index (Phi) is 3.17. The Bertz CT molecular complexity index is 541. The SMILES string of the molecule is N#Cc1cc(CC(=O)O)c(F)c(F)c1C#N. The highest BCUT2D eigenvalue weighted by Crippen LogP contribution is 2.20. The third-order valence-electron chi connectivity index (χ3n) is 1.86. The molecule has 0 fully saturated rings. The van der Waals surface area contributed by atoms with Crippen LogP contribution in [0, 0.1) is 34.3 Å².